The van der Waals surface area contributed by atoms with Crippen molar-refractivity contribution in [3.8, 4) is 0 Å². The van der Waals surface area contributed by atoms with Gasteiger partial charge < -0.3 is 5.11 Å². The maximum absolute atomic E-state index is 13.0. The molecule has 72 valence electrons. The lowest BCUT2D eigenvalue weighted by atomic mass is 10.1. The predicted molar refractivity (Wildman–Crippen MR) is 46.8 cm³/mol. The molecule has 0 saturated heterocycles. The Morgan fingerprint density at radius 3 is 2.46 bits per heavy atom. The summed E-state index contributed by atoms with van der Waals surface area (Å²) in [6.07, 6.45) is -0.726. The van der Waals surface area contributed by atoms with E-state index in [9.17, 15) is 8.78 Å². The molecular weight excluding hydrogens is 198 g/mol. The summed E-state index contributed by atoms with van der Waals surface area (Å²) in [6.45, 7) is 1.49. The summed E-state index contributed by atoms with van der Waals surface area (Å²) in [5.74, 6) is -1.26. The molecule has 0 radical (unpaired) electrons. The van der Waals surface area contributed by atoms with E-state index in [2.05, 4.69) is 0 Å². The lowest BCUT2D eigenvalue weighted by Gasteiger charge is -2.08. The first-order valence-corrected chi connectivity index (χ1v) is 4.20. The van der Waals surface area contributed by atoms with E-state index >= 15 is 0 Å². The van der Waals surface area contributed by atoms with Crippen LogP contribution in [-0.2, 0) is 6.42 Å². The van der Waals surface area contributed by atoms with Gasteiger partial charge in [0.2, 0.25) is 0 Å². The minimum atomic E-state index is -0.742. The van der Waals surface area contributed by atoms with Crippen LogP contribution in [0.1, 0.15) is 12.5 Å². The molecule has 0 spiro atoms. The van der Waals surface area contributed by atoms with Crippen LogP contribution in [0.15, 0.2) is 12.1 Å². The molecule has 1 nitrogen and oxygen atoms in total. The lowest BCUT2D eigenvalue weighted by Crippen LogP contribution is -2.07. The Hall–Kier alpha value is -0.670. The van der Waals surface area contributed by atoms with Crippen LogP contribution in [0.4, 0.5) is 8.78 Å². The molecule has 0 saturated carbocycles. The van der Waals surface area contributed by atoms with Gasteiger partial charge in [-0.3, -0.25) is 0 Å². The van der Waals surface area contributed by atoms with E-state index in [4.69, 9.17) is 16.7 Å². The summed E-state index contributed by atoms with van der Waals surface area (Å²) in [4.78, 5) is 0. The van der Waals surface area contributed by atoms with Crippen molar-refractivity contribution in [2.24, 2.45) is 0 Å². The van der Waals surface area contributed by atoms with Gasteiger partial charge in [-0.1, -0.05) is 11.6 Å². The van der Waals surface area contributed by atoms with Gasteiger partial charge in [0.1, 0.15) is 11.6 Å². The van der Waals surface area contributed by atoms with E-state index in [1.54, 1.807) is 0 Å². The molecule has 0 heterocycles. The number of aliphatic hydroxyl groups excluding tert-OH is 1. The van der Waals surface area contributed by atoms with Crippen LogP contribution in [-0.4, -0.2) is 11.2 Å². The molecule has 1 rings (SSSR count). The van der Waals surface area contributed by atoms with Gasteiger partial charge >= 0.3 is 0 Å². The first-order chi connectivity index (χ1) is 6.02. The maximum atomic E-state index is 13.0. The van der Waals surface area contributed by atoms with Crippen LogP contribution in [0.2, 0.25) is 5.02 Å². The van der Waals surface area contributed by atoms with Crippen LogP contribution in [0.5, 0.6) is 0 Å². The Bertz CT molecular complexity index is 313. The number of rotatable bonds is 2. The van der Waals surface area contributed by atoms with Crippen LogP contribution < -0.4 is 0 Å². The van der Waals surface area contributed by atoms with Gasteiger partial charge in [0, 0.05) is 12.0 Å². The summed E-state index contributed by atoms with van der Waals surface area (Å²) in [5, 5.41) is 8.75. The smallest absolute Gasteiger partial charge is 0.142 e. The Kier molecular flexibility index (Phi) is 3.22. The van der Waals surface area contributed by atoms with Gasteiger partial charge in [0.25, 0.3) is 0 Å². The molecule has 1 atom stereocenters. The second-order valence-electron chi connectivity index (χ2n) is 2.87. The number of hydrogen-bond donors (Lipinski definition) is 1. The largest absolute Gasteiger partial charge is 0.393 e. The van der Waals surface area contributed by atoms with E-state index < -0.39 is 17.7 Å². The summed E-state index contributed by atoms with van der Waals surface area (Å²) < 4.78 is 25.9. The van der Waals surface area contributed by atoms with Crippen molar-refractivity contribution in [2.75, 3.05) is 0 Å². The number of benzene rings is 1. The fraction of sp³-hybridized carbons (Fsp3) is 0.333. The highest BCUT2D eigenvalue weighted by atomic mass is 35.5. The molecule has 0 aliphatic rings. The Morgan fingerprint density at radius 2 is 1.92 bits per heavy atom. The minimum absolute atomic E-state index is 0.0163. The van der Waals surface area contributed by atoms with Crippen molar-refractivity contribution in [2.45, 2.75) is 19.4 Å². The van der Waals surface area contributed by atoms with Gasteiger partial charge in [0.05, 0.1) is 11.1 Å². The normalized spacial score (nSPS) is 13.0. The van der Waals surface area contributed by atoms with E-state index in [0.717, 1.165) is 12.1 Å². The number of halogens is 3. The minimum Gasteiger partial charge on any atom is -0.393 e. The summed E-state index contributed by atoms with van der Waals surface area (Å²) in [5.41, 5.74) is 0.0247. The molecule has 0 unspecified atom stereocenters. The highest BCUT2D eigenvalue weighted by Gasteiger charge is 2.13. The zero-order valence-electron chi connectivity index (χ0n) is 7.02. The summed E-state index contributed by atoms with van der Waals surface area (Å²) in [6, 6.07) is 1.96. The Labute approximate surface area is 80.0 Å². The van der Waals surface area contributed by atoms with E-state index in [1.807, 2.05) is 0 Å². The van der Waals surface area contributed by atoms with Crippen LogP contribution in [0.3, 0.4) is 0 Å². The van der Waals surface area contributed by atoms with Crippen molar-refractivity contribution in [1.29, 1.82) is 0 Å². The molecule has 0 amide bonds. The van der Waals surface area contributed by atoms with Gasteiger partial charge in [-0.2, -0.15) is 0 Å². The third kappa shape index (κ3) is 2.39. The highest BCUT2D eigenvalue weighted by molar-refractivity contribution is 6.31. The average Bonchev–Trinajstić information content (AvgIpc) is 2.05. The quantitative estimate of drug-likeness (QED) is 0.738. The second-order valence-corrected chi connectivity index (χ2v) is 3.25. The SMILES string of the molecule is C[C@H](O)Cc1c(F)ccc(F)c1Cl. The third-order valence-electron chi connectivity index (χ3n) is 1.64. The van der Waals surface area contributed by atoms with Crippen LogP contribution >= 0.6 is 11.6 Å². The first-order valence-electron chi connectivity index (χ1n) is 3.82. The molecule has 0 bridgehead atoms. The molecule has 13 heavy (non-hydrogen) atoms. The van der Waals surface area contributed by atoms with Crippen LogP contribution in [0.25, 0.3) is 0 Å². The monoisotopic (exact) mass is 206 g/mol. The lowest BCUT2D eigenvalue weighted by molar-refractivity contribution is 0.194. The third-order valence-corrected chi connectivity index (χ3v) is 2.05. The van der Waals surface area contributed by atoms with Crippen molar-refractivity contribution in [3.05, 3.63) is 34.4 Å². The summed E-state index contributed by atoms with van der Waals surface area (Å²) in [7, 11) is 0. The molecule has 0 fully saturated rings. The predicted octanol–water partition coefficient (Wildman–Crippen LogP) is 2.54. The van der Waals surface area contributed by atoms with Crippen LogP contribution in [0, 0.1) is 11.6 Å². The number of hydrogen-bond acceptors (Lipinski definition) is 1. The Morgan fingerprint density at radius 1 is 1.38 bits per heavy atom. The second kappa shape index (κ2) is 4.03. The fourth-order valence-corrected chi connectivity index (χ4v) is 1.28. The maximum Gasteiger partial charge on any atom is 0.142 e. The summed E-state index contributed by atoms with van der Waals surface area (Å²) >= 11 is 5.52. The molecule has 0 aliphatic heterocycles. The zero-order chi connectivity index (χ0) is 10.0. The van der Waals surface area contributed by atoms with Crippen molar-refractivity contribution >= 4 is 11.6 Å². The van der Waals surface area contributed by atoms with Gasteiger partial charge in [0.15, 0.2) is 0 Å². The Balaban J connectivity index is 3.10. The van der Waals surface area contributed by atoms with E-state index in [0.29, 0.717) is 0 Å². The topological polar surface area (TPSA) is 20.2 Å². The van der Waals surface area contributed by atoms with Crippen molar-refractivity contribution < 1.29 is 13.9 Å². The van der Waals surface area contributed by atoms with E-state index in [-0.39, 0.29) is 17.0 Å². The molecule has 1 aromatic rings. The fourth-order valence-electron chi connectivity index (χ4n) is 1.05. The number of aliphatic hydroxyl groups is 1. The first kappa shape index (κ1) is 10.4. The molecule has 0 aliphatic carbocycles. The average molecular weight is 207 g/mol. The van der Waals surface area contributed by atoms with Crippen molar-refractivity contribution in [3.63, 3.8) is 0 Å². The zero-order valence-corrected chi connectivity index (χ0v) is 7.78. The molecule has 1 N–H and O–H groups in total. The molecule has 4 heteroatoms. The molecule has 1 aromatic carbocycles. The van der Waals surface area contributed by atoms with E-state index in [1.165, 1.54) is 6.92 Å². The van der Waals surface area contributed by atoms with Gasteiger partial charge in [-0.15, -0.1) is 0 Å². The van der Waals surface area contributed by atoms with Gasteiger partial charge in [-0.25, -0.2) is 8.78 Å². The van der Waals surface area contributed by atoms with Crippen molar-refractivity contribution in [1.82, 2.24) is 0 Å². The molecular formula is C9H9ClF2O. The standard InChI is InChI=1S/C9H9ClF2O/c1-5(13)4-6-7(11)2-3-8(12)9(6)10/h2-3,5,13H,4H2,1H3/t5-/m0/s1. The van der Waals surface area contributed by atoms with Gasteiger partial charge in [-0.05, 0) is 19.1 Å². The molecule has 0 aromatic heterocycles. The highest BCUT2D eigenvalue weighted by Crippen LogP contribution is 2.23.